The Morgan fingerprint density at radius 1 is 0.893 bits per heavy atom. The molecule has 0 aliphatic heterocycles. The van der Waals surface area contributed by atoms with Gasteiger partial charge < -0.3 is 10.6 Å². The minimum atomic E-state index is -4.43. The summed E-state index contributed by atoms with van der Waals surface area (Å²) in [5.74, 6) is -0.355. The number of hydrogen-bond acceptors (Lipinski definition) is 3. The standard InChI is InChI=1S/C21H17F3N2OS/c1-28-17-11-9-15(10-12-17)26-20(27)18-7-2-3-8-19(18)25-16-6-4-5-14(13-16)21(22,23)24/h2-13,25H,1H3,(H,26,27). The van der Waals surface area contributed by atoms with Crippen LogP contribution >= 0.6 is 11.8 Å². The monoisotopic (exact) mass is 402 g/mol. The van der Waals surface area contributed by atoms with Crippen molar-refractivity contribution in [3.05, 3.63) is 83.9 Å². The number of nitrogens with one attached hydrogen (secondary N) is 2. The predicted octanol–water partition coefficient (Wildman–Crippen LogP) is 6.42. The van der Waals surface area contributed by atoms with Gasteiger partial charge in [-0.05, 0) is 60.9 Å². The minimum absolute atomic E-state index is 0.249. The highest BCUT2D eigenvalue weighted by molar-refractivity contribution is 7.98. The lowest BCUT2D eigenvalue weighted by molar-refractivity contribution is -0.137. The summed E-state index contributed by atoms with van der Waals surface area (Å²) in [6, 6.07) is 18.9. The second-order valence-corrected chi connectivity index (χ2v) is 6.81. The molecule has 7 heteroatoms. The average Bonchev–Trinajstić information content (AvgIpc) is 2.68. The van der Waals surface area contributed by atoms with Gasteiger partial charge in [-0.15, -0.1) is 11.8 Å². The number of benzene rings is 3. The first-order valence-electron chi connectivity index (χ1n) is 8.35. The number of carbonyl (C=O) groups is 1. The fourth-order valence-corrected chi connectivity index (χ4v) is 3.00. The summed E-state index contributed by atoms with van der Waals surface area (Å²) in [5, 5.41) is 5.71. The molecule has 0 heterocycles. The highest BCUT2D eigenvalue weighted by Crippen LogP contribution is 2.32. The zero-order valence-corrected chi connectivity index (χ0v) is 15.7. The molecule has 0 spiro atoms. The zero-order valence-electron chi connectivity index (χ0n) is 14.9. The second kappa shape index (κ2) is 8.39. The van der Waals surface area contributed by atoms with Crippen LogP contribution in [-0.4, -0.2) is 12.2 Å². The maximum atomic E-state index is 12.9. The van der Waals surface area contributed by atoms with E-state index in [1.807, 2.05) is 18.4 Å². The van der Waals surface area contributed by atoms with Gasteiger partial charge in [-0.25, -0.2) is 0 Å². The Morgan fingerprint density at radius 2 is 1.61 bits per heavy atom. The Bertz CT molecular complexity index is 972. The molecule has 3 rings (SSSR count). The first-order chi connectivity index (χ1) is 13.4. The molecule has 2 N–H and O–H groups in total. The number of hydrogen-bond donors (Lipinski definition) is 2. The highest BCUT2D eigenvalue weighted by Gasteiger charge is 2.30. The SMILES string of the molecule is CSc1ccc(NC(=O)c2ccccc2Nc2cccc(C(F)(F)F)c2)cc1. The molecule has 3 nitrogen and oxygen atoms in total. The van der Waals surface area contributed by atoms with Crippen molar-refractivity contribution < 1.29 is 18.0 Å². The van der Waals surface area contributed by atoms with Crippen LogP contribution in [0.15, 0.2) is 77.7 Å². The number of anilines is 3. The lowest BCUT2D eigenvalue weighted by Gasteiger charge is -2.14. The van der Waals surface area contributed by atoms with Crippen molar-refractivity contribution in [3.8, 4) is 0 Å². The summed E-state index contributed by atoms with van der Waals surface area (Å²) in [6.07, 6.45) is -2.47. The lowest BCUT2D eigenvalue weighted by Crippen LogP contribution is -2.14. The third-order valence-electron chi connectivity index (χ3n) is 3.99. The number of alkyl halides is 3. The molecule has 0 saturated carbocycles. The maximum absolute atomic E-state index is 12.9. The molecule has 1 amide bonds. The Hall–Kier alpha value is -2.93. The van der Waals surface area contributed by atoms with E-state index in [2.05, 4.69) is 10.6 Å². The lowest BCUT2D eigenvalue weighted by atomic mass is 10.1. The quantitative estimate of drug-likeness (QED) is 0.484. The number of para-hydroxylation sites is 1. The van der Waals surface area contributed by atoms with Crippen molar-refractivity contribution in [1.29, 1.82) is 0 Å². The molecule has 3 aromatic carbocycles. The maximum Gasteiger partial charge on any atom is 0.416 e. The summed E-state index contributed by atoms with van der Waals surface area (Å²) >= 11 is 1.60. The fourth-order valence-electron chi connectivity index (χ4n) is 2.59. The molecule has 0 radical (unpaired) electrons. The van der Waals surface area contributed by atoms with Crippen molar-refractivity contribution in [2.45, 2.75) is 11.1 Å². The van der Waals surface area contributed by atoms with Gasteiger partial charge in [0.2, 0.25) is 0 Å². The number of carbonyl (C=O) groups excluding carboxylic acids is 1. The van der Waals surface area contributed by atoms with Crippen molar-refractivity contribution >= 4 is 34.7 Å². The number of rotatable bonds is 5. The first kappa shape index (κ1) is 19.8. The van der Waals surface area contributed by atoms with Crippen LogP contribution in [0, 0.1) is 0 Å². The van der Waals surface area contributed by atoms with Crippen LogP contribution in [0.4, 0.5) is 30.2 Å². The highest BCUT2D eigenvalue weighted by atomic mass is 32.2. The molecule has 3 aromatic rings. The number of halogens is 3. The minimum Gasteiger partial charge on any atom is -0.355 e. The van der Waals surface area contributed by atoms with Crippen LogP contribution in [0.3, 0.4) is 0 Å². The Labute approximate surface area is 165 Å². The van der Waals surface area contributed by atoms with E-state index < -0.39 is 11.7 Å². The van der Waals surface area contributed by atoms with Gasteiger partial charge in [-0.2, -0.15) is 13.2 Å². The largest absolute Gasteiger partial charge is 0.416 e. The van der Waals surface area contributed by atoms with Crippen molar-refractivity contribution in [3.63, 3.8) is 0 Å². The Morgan fingerprint density at radius 3 is 2.29 bits per heavy atom. The number of amides is 1. The molecule has 0 unspecified atom stereocenters. The van der Waals surface area contributed by atoms with Gasteiger partial charge in [0.1, 0.15) is 0 Å². The average molecular weight is 402 g/mol. The van der Waals surface area contributed by atoms with Crippen molar-refractivity contribution in [2.24, 2.45) is 0 Å². The Balaban J connectivity index is 1.82. The van der Waals surface area contributed by atoms with Crippen molar-refractivity contribution in [1.82, 2.24) is 0 Å². The fraction of sp³-hybridized carbons (Fsp3) is 0.0952. The van der Waals surface area contributed by atoms with E-state index in [1.165, 1.54) is 12.1 Å². The molecule has 28 heavy (non-hydrogen) atoms. The van der Waals surface area contributed by atoms with Crippen LogP contribution in [0.1, 0.15) is 15.9 Å². The van der Waals surface area contributed by atoms with Crippen molar-refractivity contribution in [2.75, 3.05) is 16.9 Å². The van der Waals surface area contributed by atoms with Gasteiger partial charge in [0.05, 0.1) is 16.8 Å². The van der Waals surface area contributed by atoms with Gasteiger partial charge in [-0.1, -0.05) is 18.2 Å². The topological polar surface area (TPSA) is 41.1 Å². The van der Waals surface area contributed by atoms with Crippen LogP contribution in [0.2, 0.25) is 0 Å². The van der Waals surface area contributed by atoms with E-state index in [-0.39, 0.29) is 11.6 Å². The van der Waals surface area contributed by atoms with Crippen LogP contribution in [-0.2, 0) is 6.18 Å². The normalized spacial score (nSPS) is 11.1. The van der Waals surface area contributed by atoms with Crippen LogP contribution < -0.4 is 10.6 Å². The molecule has 0 bridgehead atoms. The molecule has 0 saturated heterocycles. The summed E-state index contributed by atoms with van der Waals surface area (Å²) in [6.45, 7) is 0. The van der Waals surface area contributed by atoms with Gasteiger partial charge in [0.25, 0.3) is 5.91 Å². The number of thioether (sulfide) groups is 1. The molecular formula is C21H17F3N2OS. The molecule has 144 valence electrons. The van der Waals surface area contributed by atoms with Gasteiger partial charge in [-0.3, -0.25) is 4.79 Å². The molecular weight excluding hydrogens is 385 g/mol. The van der Waals surface area contributed by atoms with E-state index in [9.17, 15) is 18.0 Å². The van der Waals surface area contributed by atoms with E-state index >= 15 is 0 Å². The zero-order chi connectivity index (χ0) is 20.1. The van der Waals surface area contributed by atoms with Gasteiger partial charge >= 0.3 is 6.18 Å². The van der Waals surface area contributed by atoms with Crippen LogP contribution in [0.5, 0.6) is 0 Å². The predicted molar refractivity (Wildman–Crippen MR) is 107 cm³/mol. The van der Waals surface area contributed by atoms with E-state index in [4.69, 9.17) is 0 Å². The van der Waals surface area contributed by atoms with Crippen LogP contribution in [0.25, 0.3) is 0 Å². The second-order valence-electron chi connectivity index (χ2n) is 5.93. The van der Waals surface area contributed by atoms with E-state index in [1.54, 1.807) is 48.2 Å². The van der Waals surface area contributed by atoms with Gasteiger partial charge in [0, 0.05) is 16.3 Å². The van der Waals surface area contributed by atoms with E-state index in [0.717, 1.165) is 17.0 Å². The van der Waals surface area contributed by atoms with Gasteiger partial charge in [0.15, 0.2) is 0 Å². The molecule has 0 aliphatic carbocycles. The summed E-state index contributed by atoms with van der Waals surface area (Å²) in [5.41, 5.74) is 0.873. The molecule has 0 aliphatic rings. The third-order valence-corrected chi connectivity index (χ3v) is 4.73. The summed E-state index contributed by atoms with van der Waals surface area (Å²) < 4.78 is 38.8. The summed E-state index contributed by atoms with van der Waals surface area (Å²) in [7, 11) is 0. The first-order valence-corrected chi connectivity index (χ1v) is 9.58. The third kappa shape index (κ3) is 4.86. The van der Waals surface area contributed by atoms with E-state index in [0.29, 0.717) is 16.9 Å². The molecule has 0 fully saturated rings. The Kier molecular flexibility index (Phi) is 5.94. The summed E-state index contributed by atoms with van der Waals surface area (Å²) in [4.78, 5) is 13.7. The molecule has 0 aromatic heterocycles. The smallest absolute Gasteiger partial charge is 0.355 e. The molecule has 0 atom stereocenters.